The molecule has 0 bridgehead atoms. The summed E-state index contributed by atoms with van der Waals surface area (Å²) in [5.74, 6) is 0.955. The van der Waals surface area contributed by atoms with Gasteiger partial charge in [0.05, 0.1) is 0 Å². The molecule has 3 nitrogen and oxygen atoms in total. The van der Waals surface area contributed by atoms with E-state index in [4.69, 9.17) is 0 Å². The van der Waals surface area contributed by atoms with Crippen molar-refractivity contribution in [2.75, 3.05) is 11.4 Å². The van der Waals surface area contributed by atoms with E-state index < -0.39 is 0 Å². The summed E-state index contributed by atoms with van der Waals surface area (Å²) in [4.78, 5) is 18.1. The third-order valence-electron chi connectivity index (χ3n) is 2.84. The fourth-order valence-electron chi connectivity index (χ4n) is 1.97. The number of amides is 1. The minimum atomic E-state index is 0.132. The molecule has 86 valence electrons. The molecule has 1 saturated heterocycles. The molecule has 0 radical (unpaired) electrons. The first-order valence-corrected chi connectivity index (χ1v) is 6.08. The molecule has 1 aliphatic heterocycles. The van der Waals surface area contributed by atoms with Crippen molar-refractivity contribution < 1.29 is 4.79 Å². The summed E-state index contributed by atoms with van der Waals surface area (Å²) >= 11 is 4.36. The highest BCUT2D eigenvalue weighted by molar-refractivity contribution is 7.81. The minimum Gasteiger partial charge on any atom is -0.295 e. The molecule has 4 heteroatoms. The molecule has 16 heavy (non-hydrogen) atoms. The van der Waals surface area contributed by atoms with Crippen molar-refractivity contribution in [2.24, 2.45) is 0 Å². The topological polar surface area (TPSA) is 33.2 Å². The number of carbonyl (C=O) groups is 1. The third kappa shape index (κ3) is 2.07. The lowest BCUT2D eigenvalue weighted by Gasteiger charge is -2.18. The van der Waals surface area contributed by atoms with E-state index in [9.17, 15) is 4.79 Å². The molecule has 0 saturated carbocycles. The molecule has 1 fully saturated rings. The van der Waals surface area contributed by atoms with Crippen LogP contribution in [0.25, 0.3) is 0 Å². The highest BCUT2D eigenvalue weighted by atomic mass is 32.1. The molecule has 0 aromatic carbocycles. The lowest BCUT2D eigenvalue weighted by atomic mass is 10.2. The Morgan fingerprint density at radius 1 is 1.56 bits per heavy atom. The first kappa shape index (κ1) is 11.5. The van der Waals surface area contributed by atoms with Crippen molar-refractivity contribution in [1.29, 1.82) is 0 Å². The number of thiol groups is 1. The molecule has 2 heterocycles. The van der Waals surface area contributed by atoms with Gasteiger partial charge in [0.15, 0.2) is 0 Å². The van der Waals surface area contributed by atoms with Gasteiger partial charge >= 0.3 is 0 Å². The van der Waals surface area contributed by atoms with Gasteiger partial charge in [-0.05, 0) is 25.0 Å². The van der Waals surface area contributed by atoms with E-state index in [0.29, 0.717) is 13.0 Å². The van der Waals surface area contributed by atoms with Crippen LogP contribution in [-0.2, 0) is 11.2 Å². The van der Waals surface area contributed by atoms with Crippen molar-refractivity contribution in [3.8, 4) is 0 Å². The Morgan fingerprint density at radius 3 is 2.88 bits per heavy atom. The summed E-state index contributed by atoms with van der Waals surface area (Å²) in [6.45, 7) is 4.70. The zero-order chi connectivity index (χ0) is 11.7. The number of nitrogens with zero attached hydrogens (tertiary/aromatic N) is 2. The van der Waals surface area contributed by atoms with Crippen LogP contribution in [0.15, 0.2) is 12.1 Å². The van der Waals surface area contributed by atoms with Gasteiger partial charge in [0, 0.05) is 23.9 Å². The summed E-state index contributed by atoms with van der Waals surface area (Å²) in [6, 6.07) is 4.04. The standard InChI is InChI=1S/C12H16N2OS/c1-3-9-5-4-8(2)13-12(9)14-7-10(16)6-11(14)15/h4-5,10,16H,3,6-7H2,1-2H3. The highest BCUT2D eigenvalue weighted by Crippen LogP contribution is 2.26. The number of anilines is 1. The summed E-state index contributed by atoms with van der Waals surface area (Å²) in [5, 5.41) is 0.138. The largest absolute Gasteiger partial charge is 0.295 e. The van der Waals surface area contributed by atoms with Gasteiger partial charge in [-0.2, -0.15) is 12.6 Å². The maximum absolute atomic E-state index is 11.8. The molecule has 1 aromatic heterocycles. The van der Waals surface area contributed by atoms with Crippen molar-refractivity contribution in [2.45, 2.75) is 31.9 Å². The molecular weight excluding hydrogens is 220 g/mol. The number of pyridine rings is 1. The van der Waals surface area contributed by atoms with Gasteiger partial charge in [-0.1, -0.05) is 13.0 Å². The smallest absolute Gasteiger partial charge is 0.229 e. The average molecular weight is 236 g/mol. The quantitative estimate of drug-likeness (QED) is 0.797. The molecule has 1 aliphatic rings. The van der Waals surface area contributed by atoms with Gasteiger partial charge in [0.2, 0.25) is 5.91 Å². The summed E-state index contributed by atoms with van der Waals surface area (Å²) in [6.07, 6.45) is 1.41. The molecular formula is C12H16N2OS. The molecule has 0 spiro atoms. The van der Waals surface area contributed by atoms with Crippen molar-refractivity contribution in [1.82, 2.24) is 4.98 Å². The number of carbonyl (C=O) groups excluding carboxylic acids is 1. The zero-order valence-corrected chi connectivity index (χ0v) is 10.5. The normalized spacial score (nSPS) is 20.6. The third-order valence-corrected chi connectivity index (χ3v) is 3.18. The molecule has 1 atom stereocenters. The Labute approximate surface area is 101 Å². The van der Waals surface area contributed by atoms with Crippen molar-refractivity contribution in [3.05, 3.63) is 23.4 Å². The lowest BCUT2D eigenvalue weighted by molar-refractivity contribution is -0.117. The first-order chi connectivity index (χ1) is 7.61. The van der Waals surface area contributed by atoms with E-state index >= 15 is 0 Å². The predicted molar refractivity (Wildman–Crippen MR) is 68.1 cm³/mol. The highest BCUT2D eigenvalue weighted by Gasteiger charge is 2.30. The fourth-order valence-corrected chi connectivity index (χ4v) is 2.29. The Bertz CT molecular complexity index is 419. The van der Waals surface area contributed by atoms with Crippen LogP contribution in [0.4, 0.5) is 5.82 Å². The van der Waals surface area contributed by atoms with Crippen LogP contribution < -0.4 is 4.90 Å². The molecule has 2 rings (SSSR count). The van der Waals surface area contributed by atoms with Gasteiger partial charge in [0.1, 0.15) is 5.82 Å². The maximum atomic E-state index is 11.8. The SMILES string of the molecule is CCc1ccc(C)nc1N1CC(S)CC1=O. The summed E-state index contributed by atoms with van der Waals surface area (Å²) in [7, 11) is 0. The van der Waals surface area contributed by atoms with Crippen LogP contribution in [0.2, 0.25) is 0 Å². The second-order valence-corrected chi connectivity index (χ2v) is 4.88. The summed E-state index contributed by atoms with van der Waals surface area (Å²) < 4.78 is 0. The van der Waals surface area contributed by atoms with Crippen molar-refractivity contribution >= 4 is 24.4 Å². The zero-order valence-electron chi connectivity index (χ0n) is 9.60. The Hall–Kier alpha value is -1.03. The van der Waals surface area contributed by atoms with Crippen LogP contribution >= 0.6 is 12.6 Å². The van der Waals surface area contributed by atoms with Gasteiger partial charge < -0.3 is 0 Å². The van der Waals surface area contributed by atoms with Crippen LogP contribution in [-0.4, -0.2) is 22.7 Å². The molecule has 1 amide bonds. The van der Waals surface area contributed by atoms with Crippen LogP contribution in [0.1, 0.15) is 24.6 Å². The van der Waals surface area contributed by atoms with Crippen LogP contribution in [0, 0.1) is 6.92 Å². The number of aromatic nitrogens is 1. The second kappa shape index (κ2) is 4.45. The minimum absolute atomic E-state index is 0.132. The van der Waals surface area contributed by atoms with Gasteiger partial charge in [-0.25, -0.2) is 4.98 Å². The second-order valence-electron chi connectivity index (χ2n) is 4.15. The molecule has 1 unspecified atom stereocenters. The van der Waals surface area contributed by atoms with E-state index in [1.54, 1.807) is 4.90 Å². The van der Waals surface area contributed by atoms with E-state index in [2.05, 4.69) is 30.6 Å². The van der Waals surface area contributed by atoms with E-state index in [1.165, 1.54) is 0 Å². The first-order valence-electron chi connectivity index (χ1n) is 5.56. The predicted octanol–water partition coefficient (Wildman–Crippen LogP) is 1.99. The molecule has 1 aromatic rings. The molecule has 0 N–H and O–H groups in total. The van der Waals surface area contributed by atoms with E-state index in [1.807, 2.05) is 13.0 Å². The van der Waals surface area contributed by atoms with Gasteiger partial charge in [-0.15, -0.1) is 0 Å². The van der Waals surface area contributed by atoms with E-state index in [0.717, 1.165) is 23.5 Å². The Kier molecular flexibility index (Phi) is 3.19. The summed E-state index contributed by atoms with van der Waals surface area (Å²) in [5.41, 5.74) is 2.07. The van der Waals surface area contributed by atoms with Crippen molar-refractivity contribution in [3.63, 3.8) is 0 Å². The number of aryl methyl sites for hydroxylation is 2. The Balaban J connectivity index is 2.39. The fraction of sp³-hybridized carbons (Fsp3) is 0.500. The average Bonchev–Trinajstić information content (AvgIpc) is 2.57. The number of hydrogen-bond acceptors (Lipinski definition) is 3. The monoisotopic (exact) mass is 236 g/mol. The van der Waals surface area contributed by atoms with Crippen LogP contribution in [0.5, 0.6) is 0 Å². The number of hydrogen-bond donors (Lipinski definition) is 1. The Morgan fingerprint density at radius 2 is 2.31 bits per heavy atom. The van der Waals surface area contributed by atoms with Gasteiger partial charge in [-0.3, -0.25) is 9.69 Å². The van der Waals surface area contributed by atoms with Crippen LogP contribution in [0.3, 0.4) is 0 Å². The molecule has 0 aliphatic carbocycles. The van der Waals surface area contributed by atoms with E-state index in [-0.39, 0.29) is 11.2 Å². The maximum Gasteiger partial charge on any atom is 0.229 e. The number of rotatable bonds is 2. The lowest BCUT2D eigenvalue weighted by Crippen LogP contribution is -2.27. The van der Waals surface area contributed by atoms with Gasteiger partial charge in [0.25, 0.3) is 0 Å².